The lowest BCUT2D eigenvalue weighted by molar-refractivity contribution is 0.0953. The Balaban J connectivity index is 1.87. The second-order valence-corrected chi connectivity index (χ2v) is 8.56. The normalized spacial score (nSPS) is 14.0. The molecule has 0 bridgehead atoms. The van der Waals surface area contributed by atoms with Gasteiger partial charge in [-0.05, 0) is 67.1 Å². The molecule has 2 heterocycles. The Bertz CT molecular complexity index is 1120. The van der Waals surface area contributed by atoms with Crippen LogP contribution in [0.25, 0.3) is 10.2 Å². The average Bonchev–Trinajstić information content (AvgIpc) is 2.99. The number of nitrogens with zero attached hydrogens (tertiary/aromatic N) is 1. The molecule has 0 saturated heterocycles. The molecule has 0 unspecified atom stereocenters. The SMILES string of the molecule is CC(C)c1ccc(C(=O)n2c(=S)[nH]c3sc4c(c3c2=O)CCCC4)cc1. The summed E-state index contributed by atoms with van der Waals surface area (Å²) in [6, 6.07) is 7.40. The van der Waals surface area contributed by atoms with E-state index in [0.29, 0.717) is 16.9 Å². The number of hydrogen-bond acceptors (Lipinski definition) is 4. The number of aromatic amines is 1. The highest BCUT2D eigenvalue weighted by Gasteiger charge is 2.22. The molecular weight excluding hydrogens is 364 g/mol. The Morgan fingerprint density at radius 3 is 2.58 bits per heavy atom. The van der Waals surface area contributed by atoms with E-state index in [1.54, 1.807) is 23.5 Å². The van der Waals surface area contributed by atoms with Crippen molar-refractivity contribution in [3.63, 3.8) is 0 Å². The average molecular weight is 385 g/mol. The van der Waals surface area contributed by atoms with Crippen molar-refractivity contribution in [3.8, 4) is 0 Å². The summed E-state index contributed by atoms with van der Waals surface area (Å²) in [7, 11) is 0. The first kappa shape index (κ1) is 17.4. The van der Waals surface area contributed by atoms with Crippen molar-refractivity contribution < 1.29 is 4.79 Å². The van der Waals surface area contributed by atoms with Crippen LogP contribution in [0.15, 0.2) is 29.1 Å². The largest absolute Gasteiger partial charge is 0.323 e. The van der Waals surface area contributed by atoms with Crippen LogP contribution < -0.4 is 5.56 Å². The van der Waals surface area contributed by atoms with E-state index in [4.69, 9.17) is 12.2 Å². The van der Waals surface area contributed by atoms with Gasteiger partial charge < -0.3 is 4.98 Å². The molecule has 4 rings (SSSR count). The zero-order valence-electron chi connectivity index (χ0n) is 14.8. The summed E-state index contributed by atoms with van der Waals surface area (Å²) < 4.78 is 1.28. The second-order valence-electron chi connectivity index (χ2n) is 7.07. The van der Waals surface area contributed by atoms with Crippen molar-refractivity contribution in [2.75, 3.05) is 0 Å². The maximum Gasteiger partial charge on any atom is 0.270 e. The maximum atomic E-state index is 13.1. The van der Waals surface area contributed by atoms with Crippen LogP contribution in [0.1, 0.15) is 59.0 Å². The molecule has 0 amide bonds. The summed E-state index contributed by atoms with van der Waals surface area (Å²) >= 11 is 6.95. The third-order valence-electron chi connectivity index (χ3n) is 5.04. The van der Waals surface area contributed by atoms with Gasteiger partial charge in [0.05, 0.1) is 5.39 Å². The van der Waals surface area contributed by atoms with Gasteiger partial charge in [0.2, 0.25) is 0 Å². The number of carbonyl (C=O) groups excluding carboxylic acids is 1. The topological polar surface area (TPSA) is 54.9 Å². The zero-order valence-corrected chi connectivity index (χ0v) is 16.4. The Morgan fingerprint density at radius 1 is 1.19 bits per heavy atom. The molecule has 6 heteroatoms. The van der Waals surface area contributed by atoms with Gasteiger partial charge in [-0.1, -0.05) is 26.0 Å². The quantitative estimate of drug-likeness (QED) is 0.645. The van der Waals surface area contributed by atoms with E-state index in [9.17, 15) is 9.59 Å². The van der Waals surface area contributed by atoms with Gasteiger partial charge >= 0.3 is 0 Å². The first-order valence-corrected chi connectivity index (χ1v) is 10.1. The molecule has 134 valence electrons. The number of fused-ring (bicyclic) bond motifs is 3. The van der Waals surface area contributed by atoms with Crippen molar-refractivity contribution in [2.45, 2.75) is 45.4 Å². The van der Waals surface area contributed by atoms with Gasteiger partial charge in [0.15, 0.2) is 4.77 Å². The highest BCUT2D eigenvalue weighted by molar-refractivity contribution is 7.71. The monoisotopic (exact) mass is 384 g/mol. The molecule has 0 saturated carbocycles. The molecule has 26 heavy (non-hydrogen) atoms. The van der Waals surface area contributed by atoms with Crippen LogP contribution in [-0.4, -0.2) is 15.5 Å². The first-order chi connectivity index (χ1) is 12.5. The van der Waals surface area contributed by atoms with E-state index in [1.165, 1.54) is 4.88 Å². The Morgan fingerprint density at radius 2 is 1.88 bits per heavy atom. The van der Waals surface area contributed by atoms with Crippen LogP contribution in [0.4, 0.5) is 0 Å². The van der Waals surface area contributed by atoms with Crippen LogP contribution >= 0.6 is 23.6 Å². The summed E-state index contributed by atoms with van der Waals surface area (Å²) in [5.74, 6) is 0.0163. The number of aryl methyl sites for hydroxylation is 2. The highest BCUT2D eigenvalue weighted by atomic mass is 32.1. The Labute approximate surface area is 160 Å². The summed E-state index contributed by atoms with van der Waals surface area (Å²) in [5.41, 5.74) is 2.44. The van der Waals surface area contributed by atoms with Gasteiger partial charge in [0, 0.05) is 10.4 Å². The maximum absolute atomic E-state index is 13.1. The first-order valence-electron chi connectivity index (χ1n) is 8.91. The lowest BCUT2D eigenvalue weighted by Gasteiger charge is -2.11. The third-order valence-corrected chi connectivity index (χ3v) is 6.53. The number of carbonyl (C=O) groups is 1. The minimum absolute atomic E-state index is 0.166. The third kappa shape index (κ3) is 2.77. The minimum atomic E-state index is -0.371. The predicted octanol–water partition coefficient (Wildman–Crippen LogP) is 4.81. The lowest BCUT2D eigenvalue weighted by atomic mass is 9.97. The van der Waals surface area contributed by atoms with Crippen LogP contribution in [0.3, 0.4) is 0 Å². The molecular formula is C20H20N2O2S2. The van der Waals surface area contributed by atoms with Gasteiger partial charge in [0.25, 0.3) is 11.5 Å². The van der Waals surface area contributed by atoms with Crippen molar-refractivity contribution in [3.05, 3.63) is 61.0 Å². The number of thiophene rings is 1. The van der Waals surface area contributed by atoms with E-state index in [1.807, 2.05) is 12.1 Å². The minimum Gasteiger partial charge on any atom is -0.323 e. The lowest BCUT2D eigenvalue weighted by Crippen LogP contribution is -2.29. The van der Waals surface area contributed by atoms with Crippen LogP contribution in [0.5, 0.6) is 0 Å². The van der Waals surface area contributed by atoms with Crippen molar-refractivity contribution in [1.82, 2.24) is 9.55 Å². The number of rotatable bonds is 2. The number of benzene rings is 1. The fourth-order valence-corrected chi connectivity index (χ4v) is 5.17. The molecule has 1 aliphatic rings. The fraction of sp³-hybridized carbons (Fsp3) is 0.350. The smallest absolute Gasteiger partial charge is 0.270 e. The van der Waals surface area contributed by atoms with Crippen LogP contribution in [0, 0.1) is 4.77 Å². The molecule has 0 spiro atoms. The van der Waals surface area contributed by atoms with E-state index in [2.05, 4.69) is 18.8 Å². The van der Waals surface area contributed by atoms with E-state index >= 15 is 0 Å². The van der Waals surface area contributed by atoms with E-state index < -0.39 is 0 Å². The fourth-order valence-electron chi connectivity index (χ4n) is 3.56. The van der Waals surface area contributed by atoms with Gasteiger partial charge in [0.1, 0.15) is 4.83 Å². The number of aromatic nitrogens is 2. The summed E-state index contributed by atoms with van der Waals surface area (Å²) in [6.45, 7) is 4.20. The summed E-state index contributed by atoms with van der Waals surface area (Å²) in [5, 5.41) is 0.644. The van der Waals surface area contributed by atoms with Gasteiger partial charge in [-0.3, -0.25) is 9.59 Å². The Kier molecular flexibility index (Phi) is 4.40. The molecule has 1 aromatic carbocycles. The predicted molar refractivity (Wildman–Crippen MR) is 108 cm³/mol. The molecule has 4 nitrogen and oxygen atoms in total. The summed E-state index contributed by atoms with van der Waals surface area (Å²) in [4.78, 5) is 31.3. The zero-order chi connectivity index (χ0) is 18.4. The molecule has 0 radical (unpaired) electrons. The van der Waals surface area contributed by atoms with E-state index in [0.717, 1.165) is 46.2 Å². The number of hydrogen-bond donors (Lipinski definition) is 1. The van der Waals surface area contributed by atoms with Crippen molar-refractivity contribution in [1.29, 1.82) is 0 Å². The molecule has 3 aromatic rings. The standard InChI is InChI=1S/C20H20N2O2S2/c1-11(2)12-7-9-13(10-8-12)18(23)22-19(24)16-14-5-3-4-6-15(14)26-17(16)21-20(22)25/h7-11H,3-6H2,1-2H3,(H,21,25). The van der Waals surface area contributed by atoms with Gasteiger partial charge in [-0.25, -0.2) is 4.57 Å². The number of H-pyrrole nitrogens is 1. The van der Waals surface area contributed by atoms with Crippen LogP contribution in [-0.2, 0) is 12.8 Å². The second kappa shape index (κ2) is 6.59. The van der Waals surface area contributed by atoms with Gasteiger partial charge in [-0.2, -0.15) is 0 Å². The molecule has 1 aliphatic carbocycles. The van der Waals surface area contributed by atoms with Crippen molar-refractivity contribution in [2.24, 2.45) is 0 Å². The van der Waals surface area contributed by atoms with Crippen LogP contribution in [0.2, 0.25) is 0 Å². The number of nitrogens with one attached hydrogen (secondary N) is 1. The molecule has 0 fully saturated rings. The Hall–Kier alpha value is -2.05. The van der Waals surface area contributed by atoms with E-state index in [-0.39, 0.29) is 16.2 Å². The highest BCUT2D eigenvalue weighted by Crippen LogP contribution is 2.33. The molecule has 1 N–H and O–H groups in total. The van der Waals surface area contributed by atoms with Gasteiger partial charge in [-0.15, -0.1) is 11.3 Å². The molecule has 2 aromatic heterocycles. The molecule has 0 atom stereocenters. The summed E-state index contributed by atoms with van der Waals surface area (Å²) in [6.07, 6.45) is 4.13. The van der Waals surface area contributed by atoms with Crippen molar-refractivity contribution >= 4 is 39.7 Å². The molecule has 0 aliphatic heterocycles.